The fourth-order valence-corrected chi connectivity index (χ4v) is 7.37. The summed E-state index contributed by atoms with van der Waals surface area (Å²) in [5.41, 5.74) is 0. The van der Waals surface area contributed by atoms with Gasteiger partial charge in [0.25, 0.3) is 0 Å². The third kappa shape index (κ3) is 2.63. The fourth-order valence-electron chi connectivity index (χ4n) is 3.14. The minimum absolute atomic E-state index is 1.42. The Morgan fingerprint density at radius 3 is 1.14 bits per heavy atom. The Morgan fingerprint density at radius 2 is 0.864 bits per heavy atom. The van der Waals surface area contributed by atoms with Crippen LogP contribution in [0.5, 0.6) is 0 Å². The number of benzene rings is 3. The molecule has 0 heterocycles. The minimum atomic E-state index is -2.10. The Bertz CT molecular complexity index is 634. The molecule has 22 heavy (non-hydrogen) atoms. The van der Waals surface area contributed by atoms with E-state index < -0.39 is 7.26 Å². The maximum atomic E-state index is 2.44. The molecule has 110 valence electrons. The van der Waals surface area contributed by atoms with E-state index in [0.29, 0.717) is 0 Å². The predicted octanol–water partition coefficient (Wildman–Crippen LogP) is 4.25. The molecule has 0 aliphatic rings. The van der Waals surface area contributed by atoms with Crippen LogP contribution >= 0.6 is 7.26 Å². The molecule has 0 aromatic heterocycles. The number of allylic oxidation sites excluding steroid dienone is 1. The van der Waals surface area contributed by atoms with Crippen molar-refractivity contribution in [3.63, 3.8) is 0 Å². The van der Waals surface area contributed by atoms with Crippen molar-refractivity contribution < 1.29 is 0 Å². The molecular weight excluding hydrogens is 283 g/mol. The molecule has 3 aromatic carbocycles. The van der Waals surface area contributed by atoms with E-state index >= 15 is 0 Å². The zero-order chi connectivity index (χ0) is 15.3. The van der Waals surface area contributed by atoms with Gasteiger partial charge in [-0.05, 0) is 0 Å². The van der Waals surface area contributed by atoms with Gasteiger partial charge in [0.15, 0.2) is 0 Å². The van der Waals surface area contributed by atoms with Gasteiger partial charge in [0.05, 0.1) is 0 Å². The van der Waals surface area contributed by atoms with Crippen LogP contribution in [0.1, 0.15) is 6.92 Å². The van der Waals surface area contributed by atoms with Crippen LogP contribution < -0.4 is 15.9 Å². The van der Waals surface area contributed by atoms with Crippen molar-refractivity contribution >= 4 is 23.2 Å². The van der Waals surface area contributed by atoms with Gasteiger partial charge in [-0.15, -0.1) is 0 Å². The van der Waals surface area contributed by atoms with Gasteiger partial charge in [0.2, 0.25) is 0 Å². The molecule has 1 heteroatoms. The maximum absolute atomic E-state index is 2.44. The van der Waals surface area contributed by atoms with Gasteiger partial charge in [0, 0.05) is 0 Å². The summed E-state index contributed by atoms with van der Waals surface area (Å²) in [5.74, 6) is 2.44. The van der Waals surface area contributed by atoms with Crippen LogP contribution in [0, 0.1) is 0 Å². The number of hydrogen-bond acceptors (Lipinski definition) is 0. The second-order valence-electron chi connectivity index (χ2n) is 5.41. The zero-order valence-corrected chi connectivity index (χ0v) is 13.8. The summed E-state index contributed by atoms with van der Waals surface area (Å²) in [4.78, 5) is 0. The van der Waals surface area contributed by atoms with Crippen molar-refractivity contribution in [3.8, 4) is 0 Å². The van der Waals surface area contributed by atoms with Crippen LogP contribution in [-0.4, -0.2) is 0 Å². The molecule has 3 rings (SSSR count). The van der Waals surface area contributed by atoms with Crippen LogP contribution in [0.15, 0.2) is 103 Å². The van der Waals surface area contributed by atoms with E-state index in [-0.39, 0.29) is 0 Å². The molecule has 0 aliphatic heterocycles. The SMILES string of the molecule is C/C=C\[PH](c1ccccc1)(c1ccccc1)c1ccccc1. The number of hydrogen-bond donors (Lipinski definition) is 0. The Morgan fingerprint density at radius 1 is 0.545 bits per heavy atom. The first kappa shape index (κ1) is 14.8. The van der Waals surface area contributed by atoms with Crippen molar-refractivity contribution in [2.45, 2.75) is 6.92 Å². The van der Waals surface area contributed by atoms with Crippen molar-refractivity contribution in [1.29, 1.82) is 0 Å². The zero-order valence-electron chi connectivity index (χ0n) is 12.8. The Balaban J connectivity index is 2.34. The molecule has 0 N–H and O–H groups in total. The Hall–Kier alpha value is -2.17. The summed E-state index contributed by atoms with van der Waals surface area (Å²) in [5, 5.41) is 4.27. The monoisotopic (exact) mass is 304 g/mol. The first-order chi connectivity index (χ1) is 10.9. The topological polar surface area (TPSA) is 0 Å². The standard InChI is InChI=1S/C21H21P/c1-2-18-22(19-12-6-3-7-13-19,20-14-8-4-9-15-20)21-16-10-5-11-17-21/h2-18,22H,1H3/b18-2-. The van der Waals surface area contributed by atoms with Gasteiger partial charge < -0.3 is 0 Å². The van der Waals surface area contributed by atoms with Crippen LogP contribution in [0.4, 0.5) is 0 Å². The third-order valence-electron chi connectivity index (χ3n) is 4.10. The van der Waals surface area contributed by atoms with Gasteiger partial charge in [-0.1, -0.05) is 0 Å². The molecule has 0 saturated carbocycles. The molecule has 0 fully saturated rings. The second-order valence-corrected chi connectivity index (χ2v) is 9.09. The molecule has 0 amide bonds. The van der Waals surface area contributed by atoms with E-state index in [9.17, 15) is 0 Å². The van der Waals surface area contributed by atoms with E-state index in [4.69, 9.17) is 0 Å². The van der Waals surface area contributed by atoms with Gasteiger partial charge >= 0.3 is 133 Å². The van der Waals surface area contributed by atoms with Crippen LogP contribution in [0.25, 0.3) is 0 Å². The molecule has 0 bridgehead atoms. The summed E-state index contributed by atoms with van der Waals surface area (Å²) < 4.78 is 0. The molecular formula is C21H21P. The molecule has 0 saturated heterocycles. The van der Waals surface area contributed by atoms with Crippen molar-refractivity contribution in [3.05, 3.63) is 103 Å². The van der Waals surface area contributed by atoms with E-state index in [1.54, 1.807) is 0 Å². The van der Waals surface area contributed by atoms with E-state index in [1.807, 2.05) is 0 Å². The van der Waals surface area contributed by atoms with Crippen LogP contribution in [0.3, 0.4) is 0 Å². The van der Waals surface area contributed by atoms with Gasteiger partial charge in [-0.3, -0.25) is 0 Å². The van der Waals surface area contributed by atoms with E-state index in [1.165, 1.54) is 15.9 Å². The fraction of sp³-hybridized carbons (Fsp3) is 0.0476. The first-order valence-electron chi connectivity index (χ1n) is 7.68. The summed E-state index contributed by atoms with van der Waals surface area (Å²) in [6.45, 7) is 2.12. The van der Waals surface area contributed by atoms with Crippen molar-refractivity contribution in [2.75, 3.05) is 0 Å². The second kappa shape index (κ2) is 6.73. The Labute approximate surface area is 133 Å². The summed E-state index contributed by atoms with van der Waals surface area (Å²) in [7, 11) is -2.10. The third-order valence-corrected chi connectivity index (χ3v) is 8.67. The number of rotatable bonds is 4. The van der Waals surface area contributed by atoms with Crippen LogP contribution in [0.2, 0.25) is 0 Å². The summed E-state index contributed by atoms with van der Waals surface area (Å²) in [6, 6.07) is 32.8. The van der Waals surface area contributed by atoms with Gasteiger partial charge in [0.1, 0.15) is 0 Å². The van der Waals surface area contributed by atoms with Gasteiger partial charge in [-0.25, -0.2) is 0 Å². The molecule has 0 spiro atoms. The van der Waals surface area contributed by atoms with Crippen molar-refractivity contribution in [1.82, 2.24) is 0 Å². The van der Waals surface area contributed by atoms with E-state index in [0.717, 1.165) is 0 Å². The molecule has 0 aliphatic carbocycles. The average molecular weight is 304 g/mol. The predicted molar refractivity (Wildman–Crippen MR) is 101 cm³/mol. The van der Waals surface area contributed by atoms with E-state index in [2.05, 4.69) is 110 Å². The van der Waals surface area contributed by atoms with Crippen LogP contribution in [-0.2, 0) is 0 Å². The molecule has 0 nitrogen and oxygen atoms in total. The van der Waals surface area contributed by atoms with Crippen molar-refractivity contribution in [2.24, 2.45) is 0 Å². The molecule has 0 unspecified atom stereocenters. The Kier molecular flexibility index (Phi) is 4.51. The quantitative estimate of drug-likeness (QED) is 0.632. The van der Waals surface area contributed by atoms with Gasteiger partial charge in [-0.2, -0.15) is 0 Å². The molecule has 0 radical (unpaired) electrons. The normalized spacial score (nSPS) is 12.4. The summed E-state index contributed by atoms with van der Waals surface area (Å²) >= 11 is 0. The summed E-state index contributed by atoms with van der Waals surface area (Å²) in [6.07, 6.45) is 2.21. The first-order valence-corrected chi connectivity index (χ1v) is 9.76. The molecule has 3 aromatic rings. The average Bonchev–Trinajstić information content (AvgIpc) is 2.62. The molecule has 0 atom stereocenters.